The third-order valence-electron chi connectivity index (χ3n) is 3.31. The van der Waals surface area contributed by atoms with Crippen molar-refractivity contribution in [3.8, 4) is 0 Å². The van der Waals surface area contributed by atoms with E-state index in [1.807, 2.05) is 0 Å². The van der Waals surface area contributed by atoms with Crippen LogP contribution in [-0.2, 0) is 11.3 Å². The summed E-state index contributed by atoms with van der Waals surface area (Å²) in [4.78, 5) is 16.5. The van der Waals surface area contributed by atoms with Gasteiger partial charge in [0, 0.05) is 15.6 Å². The van der Waals surface area contributed by atoms with Crippen molar-refractivity contribution in [2.24, 2.45) is 0 Å². The maximum atomic E-state index is 14.1. The average Bonchev–Trinajstić information content (AvgIpc) is 3.21. The zero-order chi connectivity index (χ0) is 16.2. The molecule has 4 nitrogen and oxygen atoms in total. The Morgan fingerprint density at radius 2 is 2.09 bits per heavy atom. The average molecular weight is 373 g/mol. The SMILES string of the molecule is O=C([C]1[CH][CH][CH][CH]1)/C(=C/c1ccc(Br)cc1F)Cn1cncn1. The van der Waals surface area contributed by atoms with Crippen LogP contribution in [0.25, 0.3) is 6.08 Å². The largest absolute Gasteiger partial charge is 0.294 e. The van der Waals surface area contributed by atoms with Gasteiger partial charge in [-0.05, 0) is 43.9 Å². The number of hydrogen-bond donors (Lipinski definition) is 0. The lowest BCUT2D eigenvalue weighted by molar-refractivity contribution is -0.113. The number of benzene rings is 1. The van der Waals surface area contributed by atoms with Gasteiger partial charge in [-0.1, -0.05) is 22.0 Å². The molecule has 1 saturated carbocycles. The fourth-order valence-electron chi connectivity index (χ4n) is 2.19. The predicted molar refractivity (Wildman–Crippen MR) is 87.5 cm³/mol. The van der Waals surface area contributed by atoms with E-state index in [2.05, 4.69) is 26.0 Å². The zero-order valence-electron chi connectivity index (χ0n) is 12.0. The number of halogens is 2. The van der Waals surface area contributed by atoms with E-state index < -0.39 is 5.82 Å². The number of nitrogens with zero attached hydrogens (tertiary/aromatic N) is 3. The number of rotatable bonds is 5. The second-order valence-electron chi connectivity index (χ2n) is 4.93. The number of Topliss-reactive ketones (excluding diaryl/α,β-unsaturated/α-hetero) is 1. The first kappa shape index (κ1) is 16.1. The first-order valence-corrected chi connectivity index (χ1v) is 7.67. The van der Waals surface area contributed by atoms with Crippen LogP contribution in [0, 0.1) is 37.4 Å². The minimum Gasteiger partial charge on any atom is -0.294 e. The van der Waals surface area contributed by atoms with Crippen molar-refractivity contribution in [3.05, 3.63) is 83.9 Å². The molecule has 0 N–H and O–H groups in total. The van der Waals surface area contributed by atoms with Gasteiger partial charge in [-0.2, -0.15) is 5.10 Å². The number of aromatic nitrogens is 3. The number of allylic oxidation sites excluding steroid dienone is 1. The molecule has 1 fully saturated rings. The van der Waals surface area contributed by atoms with Gasteiger partial charge >= 0.3 is 0 Å². The molecule has 115 valence electrons. The molecule has 0 saturated heterocycles. The van der Waals surface area contributed by atoms with Gasteiger partial charge in [0.2, 0.25) is 0 Å². The maximum Gasteiger partial charge on any atom is 0.168 e. The highest BCUT2D eigenvalue weighted by Crippen LogP contribution is 2.28. The van der Waals surface area contributed by atoms with Crippen molar-refractivity contribution >= 4 is 27.8 Å². The van der Waals surface area contributed by atoms with Gasteiger partial charge < -0.3 is 0 Å². The van der Waals surface area contributed by atoms with Crippen LogP contribution in [-0.4, -0.2) is 20.5 Å². The van der Waals surface area contributed by atoms with Crippen molar-refractivity contribution in [1.82, 2.24) is 14.8 Å². The Kier molecular flexibility index (Phi) is 5.00. The molecule has 5 radical (unpaired) electrons. The number of carbonyl (C=O) groups is 1. The lowest BCUT2D eigenvalue weighted by Gasteiger charge is -2.11. The summed E-state index contributed by atoms with van der Waals surface area (Å²) in [6, 6.07) is 4.72. The highest BCUT2D eigenvalue weighted by Gasteiger charge is 2.27. The van der Waals surface area contributed by atoms with Gasteiger partial charge in [-0.3, -0.25) is 4.79 Å². The van der Waals surface area contributed by atoms with E-state index in [0.717, 1.165) is 0 Å². The normalized spacial score (nSPS) is 16.0. The van der Waals surface area contributed by atoms with Crippen molar-refractivity contribution in [2.75, 3.05) is 0 Å². The van der Waals surface area contributed by atoms with Gasteiger partial charge in [-0.15, -0.1) is 0 Å². The third-order valence-corrected chi connectivity index (χ3v) is 3.80. The molecule has 0 atom stereocenters. The third kappa shape index (κ3) is 3.93. The fourth-order valence-corrected chi connectivity index (χ4v) is 2.52. The molecule has 23 heavy (non-hydrogen) atoms. The number of hydrogen-bond acceptors (Lipinski definition) is 3. The van der Waals surface area contributed by atoms with Crippen LogP contribution >= 0.6 is 15.9 Å². The van der Waals surface area contributed by atoms with E-state index in [9.17, 15) is 9.18 Å². The van der Waals surface area contributed by atoms with Gasteiger partial charge in [0.15, 0.2) is 5.78 Å². The van der Waals surface area contributed by atoms with Gasteiger partial charge in [-0.25, -0.2) is 14.1 Å². The Bertz CT molecular complexity index is 721. The topological polar surface area (TPSA) is 47.8 Å². The molecule has 1 aromatic heterocycles. The van der Waals surface area contributed by atoms with Crippen molar-refractivity contribution in [2.45, 2.75) is 6.54 Å². The van der Waals surface area contributed by atoms with Crippen LogP contribution in [0.2, 0.25) is 0 Å². The molecular formula is C17H12BrFN3O. The summed E-state index contributed by atoms with van der Waals surface area (Å²) in [6.07, 6.45) is 11.5. The van der Waals surface area contributed by atoms with E-state index in [0.29, 0.717) is 21.5 Å². The summed E-state index contributed by atoms with van der Waals surface area (Å²) < 4.78 is 16.3. The highest BCUT2D eigenvalue weighted by atomic mass is 79.9. The molecule has 6 heteroatoms. The second-order valence-corrected chi connectivity index (χ2v) is 5.85. The van der Waals surface area contributed by atoms with E-state index in [-0.39, 0.29) is 12.3 Å². The summed E-state index contributed by atoms with van der Waals surface area (Å²) in [7, 11) is 0. The molecule has 1 aliphatic carbocycles. The fraction of sp³-hybridized carbons (Fsp3) is 0.0588. The minimum atomic E-state index is -0.397. The van der Waals surface area contributed by atoms with Crippen LogP contribution in [0.1, 0.15) is 5.56 Å². The smallest absolute Gasteiger partial charge is 0.168 e. The molecule has 1 aliphatic rings. The molecule has 0 unspecified atom stereocenters. The van der Waals surface area contributed by atoms with Crippen LogP contribution < -0.4 is 0 Å². The minimum absolute atomic E-state index is 0.159. The Balaban J connectivity index is 1.92. The first-order chi connectivity index (χ1) is 11.1. The Morgan fingerprint density at radius 3 is 2.74 bits per heavy atom. The molecule has 3 rings (SSSR count). The standard InChI is InChI=1S/C17H12BrFN3O/c18-15-6-5-13(16(19)8-15)7-14(9-22-11-20-10-21-22)17(23)12-3-1-2-4-12/h1-8,10-11H,9H2/b14-7+. The molecule has 0 spiro atoms. The van der Waals surface area contributed by atoms with Crippen LogP contribution in [0.4, 0.5) is 4.39 Å². The molecule has 0 bridgehead atoms. The van der Waals surface area contributed by atoms with E-state index >= 15 is 0 Å². The summed E-state index contributed by atoms with van der Waals surface area (Å²) >= 11 is 3.22. The molecule has 0 amide bonds. The summed E-state index contributed by atoms with van der Waals surface area (Å²) in [6.45, 7) is 0.222. The van der Waals surface area contributed by atoms with Crippen LogP contribution in [0.5, 0.6) is 0 Å². The summed E-state index contributed by atoms with van der Waals surface area (Å²) in [5.41, 5.74) is 0.783. The molecular weight excluding hydrogens is 361 g/mol. The number of ketones is 1. The van der Waals surface area contributed by atoms with Gasteiger partial charge in [0.1, 0.15) is 18.5 Å². The van der Waals surface area contributed by atoms with Crippen molar-refractivity contribution < 1.29 is 9.18 Å². The maximum absolute atomic E-state index is 14.1. The highest BCUT2D eigenvalue weighted by molar-refractivity contribution is 9.10. The van der Waals surface area contributed by atoms with Crippen molar-refractivity contribution in [3.63, 3.8) is 0 Å². The van der Waals surface area contributed by atoms with Gasteiger partial charge in [0.25, 0.3) is 0 Å². The first-order valence-electron chi connectivity index (χ1n) is 6.88. The lowest BCUT2D eigenvalue weighted by Crippen LogP contribution is -2.17. The lowest BCUT2D eigenvalue weighted by atomic mass is 9.94. The Morgan fingerprint density at radius 1 is 1.30 bits per heavy atom. The predicted octanol–water partition coefficient (Wildman–Crippen LogP) is 3.24. The molecule has 0 aliphatic heterocycles. The van der Waals surface area contributed by atoms with E-state index in [4.69, 9.17) is 0 Å². The summed E-state index contributed by atoms with van der Waals surface area (Å²) in [5, 5.41) is 4.01. The Labute approximate surface area is 142 Å². The summed E-state index contributed by atoms with van der Waals surface area (Å²) in [5.74, 6) is 0.00692. The van der Waals surface area contributed by atoms with Gasteiger partial charge in [0.05, 0.1) is 12.5 Å². The molecule has 1 heterocycles. The molecule has 1 aromatic carbocycles. The number of carbonyl (C=O) groups excluding carboxylic acids is 1. The quantitative estimate of drug-likeness (QED) is 0.757. The van der Waals surface area contributed by atoms with Crippen LogP contribution in [0.15, 0.2) is 40.9 Å². The van der Waals surface area contributed by atoms with Crippen molar-refractivity contribution in [1.29, 1.82) is 0 Å². The van der Waals surface area contributed by atoms with E-state index in [1.165, 1.54) is 23.4 Å². The van der Waals surface area contributed by atoms with Crippen LogP contribution in [0.3, 0.4) is 0 Å². The Hall–Kier alpha value is -1.82. The second kappa shape index (κ2) is 7.17. The van der Waals surface area contributed by atoms with E-state index in [1.54, 1.807) is 43.9 Å². The molecule has 2 aromatic rings. The monoisotopic (exact) mass is 372 g/mol. The zero-order valence-corrected chi connectivity index (χ0v) is 13.6.